The highest BCUT2D eigenvalue weighted by atomic mass is 19.2. The summed E-state index contributed by atoms with van der Waals surface area (Å²) in [5.41, 5.74) is 0.675. The highest BCUT2D eigenvalue weighted by Crippen LogP contribution is 2.31. The summed E-state index contributed by atoms with van der Waals surface area (Å²) >= 11 is 0. The van der Waals surface area contributed by atoms with Crippen molar-refractivity contribution in [3.8, 4) is 0 Å². The predicted octanol–water partition coefficient (Wildman–Crippen LogP) is 4.20. The van der Waals surface area contributed by atoms with Crippen molar-refractivity contribution in [1.82, 2.24) is 0 Å². The van der Waals surface area contributed by atoms with Crippen molar-refractivity contribution in [2.24, 2.45) is 11.8 Å². The topological polar surface area (TPSA) is 12.0 Å². The molecule has 0 amide bonds. The number of anilines is 1. The molecule has 1 fully saturated rings. The molecule has 0 aromatic heterocycles. The van der Waals surface area contributed by atoms with Crippen molar-refractivity contribution in [3.63, 3.8) is 0 Å². The Bertz CT molecular complexity index is 382. The van der Waals surface area contributed by atoms with Crippen molar-refractivity contribution >= 4 is 5.69 Å². The second kappa shape index (κ2) is 5.03. The van der Waals surface area contributed by atoms with E-state index in [9.17, 15) is 8.78 Å². The summed E-state index contributed by atoms with van der Waals surface area (Å²) in [5.74, 6) is -0.426. The van der Waals surface area contributed by atoms with E-state index < -0.39 is 11.6 Å². The Kier molecular flexibility index (Phi) is 3.65. The van der Waals surface area contributed by atoms with E-state index in [1.165, 1.54) is 31.4 Å². The molecular weight excluding hydrogens is 220 g/mol. The molecule has 0 radical (unpaired) electrons. The van der Waals surface area contributed by atoms with Crippen molar-refractivity contribution in [1.29, 1.82) is 0 Å². The maximum Gasteiger partial charge on any atom is 0.160 e. The molecule has 0 saturated heterocycles. The molecule has 2 rings (SSSR count). The normalized spacial score (nSPS) is 29.1. The number of hydrogen-bond acceptors (Lipinski definition) is 1. The van der Waals surface area contributed by atoms with Gasteiger partial charge >= 0.3 is 0 Å². The van der Waals surface area contributed by atoms with Gasteiger partial charge in [-0.25, -0.2) is 8.78 Å². The fourth-order valence-electron chi connectivity index (χ4n) is 2.74. The minimum absolute atomic E-state index is 0.355. The summed E-state index contributed by atoms with van der Waals surface area (Å²) in [6.07, 6.45) is 3.66. The third-order valence-electron chi connectivity index (χ3n) is 3.80. The van der Waals surface area contributed by atoms with Crippen LogP contribution in [0.15, 0.2) is 18.2 Å². The molecule has 94 valence electrons. The van der Waals surface area contributed by atoms with Gasteiger partial charge in [0.1, 0.15) is 0 Å². The van der Waals surface area contributed by atoms with Crippen LogP contribution in [0.2, 0.25) is 0 Å². The molecule has 0 heterocycles. The largest absolute Gasteiger partial charge is 0.382 e. The molecule has 1 aliphatic carbocycles. The first-order chi connectivity index (χ1) is 8.08. The smallest absolute Gasteiger partial charge is 0.160 e. The van der Waals surface area contributed by atoms with E-state index in [0.29, 0.717) is 23.6 Å². The monoisotopic (exact) mass is 239 g/mol. The van der Waals surface area contributed by atoms with E-state index in [0.717, 1.165) is 0 Å². The zero-order valence-corrected chi connectivity index (χ0v) is 10.3. The van der Waals surface area contributed by atoms with Crippen molar-refractivity contribution in [2.45, 2.75) is 39.2 Å². The first-order valence-electron chi connectivity index (χ1n) is 6.29. The van der Waals surface area contributed by atoms with E-state index in [4.69, 9.17) is 0 Å². The molecule has 1 aliphatic rings. The quantitative estimate of drug-likeness (QED) is 0.815. The lowest BCUT2D eigenvalue weighted by atomic mass is 9.78. The molecule has 2 unspecified atom stereocenters. The molecule has 3 heteroatoms. The molecular formula is C14H19F2N. The molecule has 0 aliphatic heterocycles. The number of nitrogens with one attached hydrogen (secondary N) is 1. The number of halogens is 2. The van der Waals surface area contributed by atoms with Crippen LogP contribution in [0.3, 0.4) is 0 Å². The van der Waals surface area contributed by atoms with Gasteiger partial charge < -0.3 is 5.32 Å². The molecule has 1 saturated carbocycles. The van der Waals surface area contributed by atoms with Crippen molar-refractivity contribution in [3.05, 3.63) is 29.8 Å². The fraction of sp³-hybridized carbons (Fsp3) is 0.571. The summed E-state index contributed by atoms with van der Waals surface area (Å²) in [6, 6.07) is 4.37. The van der Waals surface area contributed by atoms with Crippen LogP contribution in [-0.4, -0.2) is 6.04 Å². The Morgan fingerprint density at radius 3 is 2.29 bits per heavy atom. The van der Waals surface area contributed by atoms with Gasteiger partial charge in [0.15, 0.2) is 11.6 Å². The van der Waals surface area contributed by atoms with Crippen molar-refractivity contribution < 1.29 is 8.78 Å². The molecule has 1 nitrogen and oxygen atoms in total. The molecule has 1 aromatic carbocycles. The molecule has 17 heavy (non-hydrogen) atoms. The van der Waals surface area contributed by atoms with Gasteiger partial charge in [0.05, 0.1) is 0 Å². The van der Waals surface area contributed by atoms with Crippen LogP contribution in [0.1, 0.15) is 33.1 Å². The Hall–Kier alpha value is -1.12. The van der Waals surface area contributed by atoms with E-state index in [-0.39, 0.29) is 0 Å². The first-order valence-corrected chi connectivity index (χ1v) is 6.29. The summed E-state index contributed by atoms with van der Waals surface area (Å²) in [4.78, 5) is 0. The predicted molar refractivity (Wildman–Crippen MR) is 65.9 cm³/mol. The number of hydrogen-bond donors (Lipinski definition) is 1. The summed E-state index contributed by atoms with van der Waals surface area (Å²) in [5, 5.41) is 3.34. The van der Waals surface area contributed by atoms with E-state index >= 15 is 0 Å². The fourth-order valence-corrected chi connectivity index (χ4v) is 2.74. The van der Waals surface area contributed by atoms with E-state index in [2.05, 4.69) is 19.2 Å². The molecule has 1 N–H and O–H groups in total. The number of rotatable bonds is 2. The molecule has 0 spiro atoms. The third-order valence-corrected chi connectivity index (χ3v) is 3.80. The van der Waals surface area contributed by atoms with Crippen LogP contribution in [0.25, 0.3) is 0 Å². The van der Waals surface area contributed by atoms with Crippen molar-refractivity contribution in [2.75, 3.05) is 5.32 Å². The Labute approximate surface area is 101 Å². The molecule has 0 bridgehead atoms. The average molecular weight is 239 g/mol. The summed E-state index contributed by atoms with van der Waals surface area (Å²) < 4.78 is 25.9. The maximum absolute atomic E-state index is 13.1. The van der Waals surface area contributed by atoms with Gasteiger partial charge in [-0.15, -0.1) is 0 Å². The standard InChI is InChI=1S/C14H19F2N/c1-9-4-3-5-10(2)14(9)17-11-6-7-12(15)13(16)8-11/h6-10,14,17H,3-5H2,1-2H3. The highest BCUT2D eigenvalue weighted by molar-refractivity contribution is 5.44. The third kappa shape index (κ3) is 2.76. The van der Waals surface area contributed by atoms with Crippen LogP contribution >= 0.6 is 0 Å². The Morgan fingerprint density at radius 2 is 1.71 bits per heavy atom. The van der Waals surface area contributed by atoms with Gasteiger partial charge in [0, 0.05) is 17.8 Å². The van der Waals surface area contributed by atoms with E-state index in [1.807, 2.05) is 0 Å². The number of benzene rings is 1. The van der Waals surface area contributed by atoms with Gasteiger partial charge in [-0.3, -0.25) is 0 Å². The van der Waals surface area contributed by atoms with Gasteiger partial charge in [-0.05, 0) is 36.8 Å². The maximum atomic E-state index is 13.1. The minimum Gasteiger partial charge on any atom is -0.382 e. The lowest BCUT2D eigenvalue weighted by Crippen LogP contribution is -2.37. The van der Waals surface area contributed by atoms with Crippen LogP contribution in [-0.2, 0) is 0 Å². The minimum atomic E-state index is -0.791. The summed E-state index contributed by atoms with van der Waals surface area (Å²) in [6.45, 7) is 4.43. The van der Waals surface area contributed by atoms with Crippen LogP contribution in [0.4, 0.5) is 14.5 Å². The molecule has 2 atom stereocenters. The highest BCUT2D eigenvalue weighted by Gasteiger charge is 2.27. The SMILES string of the molecule is CC1CCCC(C)C1Nc1ccc(F)c(F)c1. The van der Waals surface area contributed by atoms with Gasteiger partial charge in [-0.1, -0.05) is 20.3 Å². The van der Waals surface area contributed by atoms with Gasteiger partial charge in [0.2, 0.25) is 0 Å². The second-order valence-corrected chi connectivity index (χ2v) is 5.18. The first kappa shape index (κ1) is 12.3. The molecule has 1 aromatic rings. The average Bonchev–Trinajstić information content (AvgIpc) is 2.28. The Balaban J connectivity index is 2.10. The van der Waals surface area contributed by atoms with Crippen LogP contribution in [0.5, 0.6) is 0 Å². The lowest BCUT2D eigenvalue weighted by Gasteiger charge is -2.35. The summed E-state index contributed by atoms with van der Waals surface area (Å²) in [7, 11) is 0. The zero-order valence-electron chi connectivity index (χ0n) is 10.3. The second-order valence-electron chi connectivity index (χ2n) is 5.18. The van der Waals surface area contributed by atoms with Crippen LogP contribution in [0, 0.1) is 23.5 Å². The zero-order chi connectivity index (χ0) is 12.4. The lowest BCUT2D eigenvalue weighted by molar-refractivity contribution is 0.268. The van der Waals surface area contributed by atoms with Gasteiger partial charge in [-0.2, -0.15) is 0 Å². The van der Waals surface area contributed by atoms with Crippen LogP contribution < -0.4 is 5.32 Å². The van der Waals surface area contributed by atoms with Gasteiger partial charge in [0.25, 0.3) is 0 Å². The van der Waals surface area contributed by atoms with E-state index in [1.54, 1.807) is 6.07 Å². The Morgan fingerprint density at radius 1 is 1.06 bits per heavy atom.